The van der Waals surface area contributed by atoms with Gasteiger partial charge in [0.05, 0.1) is 22.5 Å². The van der Waals surface area contributed by atoms with Crippen LogP contribution in [-0.4, -0.2) is 22.0 Å². The predicted octanol–water partition coefficient (Wildman–Crippen LogP) is 2.01. The number of nitro groups is 2. The van der Waals surface area contributed by atoms with E-state index in [1.54, 1.807) is 0 Å². The van der Waals surface area contributed by atoms with Gasteiger partial charge in [-0.3, -0.25) is 20.2 Å². The van der Waals surface area contributed by atoms with Gasteiger partial charge in [0.1, 0.15) is 5.75 Å². The van der Waals surface area contributed by atoms with Crippen LogP contribution in [0.5, 0.6) is 5.75 Å². The first-order chi connectivity index (χ1) is 8.70. The minimum absolute atomic E-state index is 0.210. The van der Waals surface area contributed by atoms with Crippen LogP contribution in [0.25, 0.3) is 0 Å². The zero-order valence-electron chi connectivity index (χ0n) is 10.7. The zero-order chi connectivity index (χ0) is 14.6. The van der Waals surface area contributed by atoms with Gasteiger partial charge in [-0.1, -0.05) is 0 Å². The summed E-state index contributed by atoms with van der Waals surface area (Å²) in [7, 11) is 0. The molecule has 19 heavy (non-hydrogen) atoms. The van der Waals surface area contributed by atoms with Crippen LogP contribution < -0.4 is 10.5 Å². The average Bonchev–Trinajstić information content (AvgIpc) is 2.26. The van der Waals surface area contributed by atoms with E-state index in [2.05, 4.69) is 0 Å². The summed E-state index contributed by atoms with van der Waals surface area (Å²) < 4.78 is 5.30. The lowest BCUT2D eigenvalue weighted by Gasteiger charge is -2.18. The molecule has 2 N–H and O–H groups in total. The van der Waals surface area contributed by atoms with Crippen molar-refractivity contribution in [3.8, 4) is 5.75 Å². The van der Waals surface area contributed by atoms with Gasteiger partial charge in [0.2, 0.25) is 0 Å². The van der Waals surface area contributed by atoms with Crippen LogP contribution >= 0.6 is 0 Å². The number of rotatable bonds is 6. The van der Waals surface area contributed by atoms with Gasteiger partial charge in [-0.2, -0.15) is 0 Å². The molecule has 0 spiro atoms. The SMILES string of the molecule is CC(C)(N)CCOc1ccc([N+](=O)[O-])c([N+](=O)[O-])c1. The summed E-state index contributed by atoms with van der Waals surface area (Å²) in [6.07, 6.45) is 0.553. The maximum absolute atomic E-state index is 10.7. The van der Waals surface area contributed by atoms with Gasteiger partial charge in [-0.15, -0.1) is 0 Å². The average molecular weight is 269 g/mol. The molecule has 1 aromatic rings. The Morgan fingerprint density at radius 3 is 2.26 bits per heavy atom. The molecule has 0 aliphatic rings. The molecule has 104 valence electrons. The smallest absolute Gasteiger partial charge is 0.349 e. The standard InChI is InChI=1S/C11H15N3O5/c1-11(2,12)5-6-19-8-3-4-9(13(15)16)10(7-8)14(17)18/h3-4,7H,5-6,12H2,1-2H3. The van der Waals surface area contributed by atoms with Crippen LogP contribution in [0.3, 0.4) is 0 Å². The maximum atomic E-state index is 10.7. The number of ether oxygens (including phenoxy) is 1. The summed E-state index contributed by atoms with van der Waals surface area (Å²) in [6.45, 7) is 3.93. The molecule has 8 heteroatoms. The molecule has 0 aliphatic heterocycles. The highest BCUT2D eigenvalue weighted by atomic mass is 16.6. The summed E-state index contributed by atoms with van der Waals surface area (Å²) in [5, 5.41) is 21.4. The molecule has 0 saturated heterocycles. The van der Waals surface area contributed by atoms with E-state index in [1.165, 1.54) is 6.07 Å². The fourth-order valence-corrected chi connectivity index (χ4v) is 1.33. The van der Waals surface area contributed by atoms with Crippen LogP contribution in [-0.2, 0) is 0 Å². The largest absolute Gasteiger partial charge is 0.493 e. The Morgan fingerprint density at radius 2 is 1.79 bits per heavy atom. The van der Waals surface area contributed by atoms with E-state index in [0.29, 0.717) is 6.42 Å². The van der Waals surface area contributed by atoms with Crippen LogP contribution in [0.1, 0.15) is 20.3 Å². The molecule has 0 bridgehead atoms. The van der Waals surface area contributed by atoms with Crippen molar-refractivity contribution in [3.63, 3.8) is 0 Å². The van der Waals surface area contributed by atoms with Crippen LogP contribution in [0.2, 0.25) is 0 Å². The van der Waals surface area contributed by atoms with Crippen molar-refractivity contribution >= 4 is 11.4 Å². The fraction of sp³-hybridized carbons (Fsp3) is 0.455. The molecule has 0 saturated carbocycles. The lowest BCUT2D eigenvalue weighted by molar-refractivity contribution is -0.422. The molecular formula is C11H15N3O5. The normalized spacial score (nSPS) is 11.1. The molecule has 0 aliphatic carbocycles. The summed E-state index contributed by atoms with van der Waals surface area (Å²) >= 11 is 0. The van der Waals surface area contributed by atoms with Crippen LogP contribution in [0, 0.1) is 20.2 Å². The van der Waals surface area contributed by atoms with Crippen LogP contribution in [0.4, 0.5) is 11.4 Å². The number of hydrogen-bond acceptors (Lipinski definition) is 6. The van der Waals surface area contributed by atoms with Gasteiger partial charge in [-0.25, -0.2) is 0 Å². The van der Waals surface area contributed by atoms with Gasteiger partial charge in [0, 0.05) is 11.6 Å². The number of nitrogens with two attached hydrogens (primary N) is 1. The second kappa shape index (κ2) is 5.61. The lowest BCUT2D eigenvalue weighted by Crippen LogP contribution is -2.33. The number of nitro benzene ring substituents is 2. The van der Waals surface area contributed by atoms with E-state index in [1.807, 2.05) is 13.8 Å². The van der Waals surface area contributed by atoms with Gasteiger partial charge in [-0.05, 0) is 26.3 Å². The van der Waals surface area contributed by atoms with E-state index in [0.717, 1.165) is 12.1 Å². The van der Waals surface area contributed by atoms with E-state index in [-0.39, 0.29) is 12.4 Å². The summed E-state index contributed by atoms with van der Waals surface area (Å²) in [5.74, 6) is 0.210. The number of nitrogens with zero attached hydrogens (tertiary/aromatic N) is 2. The minimum Gasteiger partial charge on any atom is -0.493 e. The Hall–Kier alpha value is -2.22. The Morgan fingerprint density at radius 1 is 1.21 bits per heavy atom. The van der Waals surface area contributed by atoms with Crippen molar-refractivity contribution in [3.05, 3.63) is 38.4 Å². The van der Waals surface area contributed by atoms with Gasteiger partial charge < -0.3 is 10.5 Å². The topological polar surface area (TPSA) is 122 Å². The molecule has 0 unspecified atom stereocenters. The lowest BCUT2D eigenvalue weighted by atomic mass is 10.0. The third-order valence-corrected chi connectivity index (χ3v) is 2.36. The maximum Gasteiger partial charge on any atom is 0.349 e. The van der Waals surface area contributed by atoms with Crippen molar-refractivity contribution in [1.82, 2.24) is 0 Å². The van der Waals surface area contributed by atoms with Crippen LogP contribution in [0.15, 0.2) is 18.2 Å². The molecule has 8 nitrogen and oxygen atoms in total. The Bertz CT molecular complexity index is 496. The number of hydrogen-bond donors (Lipinski definition) is 1. The Kier molecular flexibility index (Phi) is 4.38. The molecule has 0 heterocycles. The third kappa shape index (κ3) is 4.51. The highest BCUT2D eigenvalue weighted by molar-refractivity contribution is 5.55. The zero-order valence-corrected chi connectivity index (χ0v) is 10.7. The summed E-state index contributed by atoms with van der Waals surface area (Å²) in [6, 6.07) is 3.43. The van der Waals surface area contributed by atoms with E-state index >= 15 is 0 Å². The first-order valence-electron chi connectivity index (χ1n) is 5.55. The second-order valence-electron chi connectivity index (χ2n) is 4.75. The minimum atomic E-state index is -0.808. The van der Waals surface area contributed by atoms with Crippen molar-refractivity contribution in [2.75, 3.05) is 6.61 Å². The first kappa shape index (κ1) is 14.8. The summed E-state index contributed by atoms with van der Waals surface area (Å²) in [4.78, 5) is 19.8. The molecule has 0 fully saturated rings. The molecule has 0 aromatic heterocycles. The van der Waals surface area contributed by atoms with Crippen molar-refractivity contribution < 1.29 is 14.6 Å². The molecule has 1 aromatic carbocycles. The van der Waals surface area contributed by atoms with Crippen molar-refractivity contribution in [2.45, 2.75) is 25.8 Å². The van der Waals surface area contributed by atoms with Gasteiger partial charge >= 0.3 is 11.4 Å². The molecule has 0 amide bonds. The van der Waals surface area contributed by atoms with E-state index in [4.69, 9.17) is 10.5 Å². The molecule has 0 atom stereocenters. The fourth-order valence-electron chi connectivity index (χ4n) is 1.33. The molecular weight excluding hydrogens is 254 g/mol. The second-order valence-corrected chi connectivity index (χ2v) is 4.75. The van der Waals surface area contributed by atoms with Gasteiger partial charge in [0.25, 0.3) is 0 Å². The highest BCUT2D eigenvalue weighted by Crippen LogP contribution is 2.30. The van der Waals surface area contributed by atoms with E-state index in [9.17, 15) is 20.2 Å². The highest BCUT2D eigenvalue weighted by Gasteiger charge is 2.24. The predicted molar refractivity (Wildman–Crippen MR) is 68.1 cm³/mol. The number of benzene rings is 1. The molecule has 1 rings (SSSR count). The Labute approximate surface area is 109 Å². The quantitative estimate of drug-likeness (QED) is 0.622. The third-order valence-electron chi connectivity index (χ3n) is 2.36. The van der Waals surface area contributed by atoms with Crippen molar-refractivity contribution in [1.29, 1.82) is 0 Å². The monoisotopic (exact) mass is 269 g/mol. The summed E-state index contributed by atoms with van der Waals surface area (Å²) in [5.41, 5.74) is 4.21. The van der Waals surface area contributed by atoms with Gasteiger partial charge in [0.15, 0.2) is 0 Å². The Balaban J connectivity index is 2.85. The van der Waals surface area contributed by atoms with Crippen molar-refractivity contribution in [2.24, 2.45) is 5.73 Å². The van der Waals surface area contributed by atoms with E-state index < -0.39 is 26.8 Å². The molecule has 0 radical (unpaired) electrons. The first-order valence-corrected chi connectivity index (χ1v) is 5.55.